The van der Waals surface area contributed by atoms with Crippen LogP contribution in [0.3, 0.4) is 0 Å². The van der Waals surface area contributed by atoms with Crippen molar-refractivity contribution in [3.63, 3.8) is 0 Å². The lowest BCUT2D eigenvalue weighted by atomic mass is 10.3. The van der Waals surface area contributed by atoms with Gasteiger partial charge < -0.3 is 4.90 Å². The molecule has 0 atom stereocenters. The highest BCUT2D eigenvalue weighted by Crippen LogP contribution is 2.10. The van der Waals surface area contributed by atoms with Gasteiger partial charge in [0.1, 0.15) is 0 Å². The Hall–Kier alpha value is -1.73. The third-order valence-corrected chi connectivity index (χ3v) is 4.53. The minimum atomic E-state index is -0.0311. The van der Waals surface area contributed by atoms with Crippen LogP contribution in [0.5, 0.6) is 0 Å². The van der Waals surface area contributed by atoms with E-state index in [0.717, 1.165) is 43.3 Å². The van der Waals surface area contributed by atoms with E-state index >= 15 is 0 Å². The predicted octanol–water partition coefficient (Wildman–Crippen LogP) is 0.810. The molecule has 1 aliphatic heterocycles. The molecule has 1 aliphatic rings. The van der Waals surface area contributed by atoms with Crippen LogP contribution < -0.4 is 5.56 Å². The van der Waals surface area contributed by atoms with Gasteiger partial charge >= 0.3 is 0 Å². The highest BCUT2D eigenvalue weighted by molar-refractivity contribution is 7.15. The SMILES string of the molecule is CC(=O)N1CCCN(Cc2cc(=O)n3ccsc3n2)CC1. The van der Waals surface area contributed by atoms with Gasteiger partial charge in [-0.25, -0.2) is 4.98 Å². The zero-order valence-corrected chi connectivity index (χ0v) is 12.8. The zero-order valence-electron chi connectivity index (χ0n) is 12.0. The maximum atomic E-state index is 12.0. The van der Waals surface area contributed by atoms with Gasteiger partial charge in [-0.2, -0.15) is 0 Å². The Bertz CT molecular complexity index is 708. The van der Waals surface area contributed by atoms with E-state index in [-0.39, 0.29) is 11.5 Å². The first-order chi connectivity index (χ1) is 10.1. The Balaban J connectivity index is 1.73. The number of amides is 1. The average Bonchev–Trinajstić information content (AvgIpc) is 2.78. The number of fused-ring (bicyclic) bond motifs is 1. The fourth-order valence-electron chi connectivity index (χ4n) is 2.64. The molecule has 112 valence electrons. The standard InChI is InChI=1S/C14H18N4O2S/c1-11(19)17-4-2-3-16(5-6-17)10-12-9-13(20)18-7-8-21-14(18)15-12/h7-9H,2-6,10H2,1H3. The van der Waals surface area contributed by atoms with Gasteiger partial charge in [0.25, 0.3) is 5.56 Å². The molecule has 1 saturated heterocycles. The largest absolute Gasteiger partial charge is 0.342 e. The summed E-state index contributed by atoms with van der Waals surface area (Å²) < 4.78 is 1.56. The van der Waals surface area contributed by atoms with Crippen LogP contribution in [-0.2, 0) is 11.3 Å². The summed E-state index contributed by atoms with van der Waals surface area (Å²) in [6.07, 6.45) is 2.70. The molecule has 0 aliphatic carbocycles. The van der Waals surface area contributed by atoms with E-state index < -0.39 is 0 Å². The van der Waals surface area contributed by atoms with Gasteiger partial charge in [0.15, 0.2) is 4.96 Å². The first-order valence-corrected chi connectivity index (χ1v) is 7.95. The molecule has 7 heteroatoms. The Labute approximate surface area is 126 Å². The van der Waals surface area contributed by atoms with Crippen LogP contribution >= 0.6 is 11.3 Å². The Kier molecular flexibility index (Phi) is 4.03. The molecular formula is C14H18N4O2S. The van der Waals surface area contributed by atoms with E-state index in [1.807, 2.05) is 10.3 Å². The molecule has 0 aromatic carbocycles. The number of carbonyl (C=O) groups excluding carboxylic acids is 1. The van der Waals surface area contributed by atoms with Crippen molar-refractivity contribution in [3.8, 4) is 0 Å². The van der Waals surface area contributed by atoms with Gasteiger partial charge in [-0.1, -0.05) is 0 Å². The number of thiazole rings is 1. The van der Waals surface area contributed by atoms with Crippen molar-refractivity contribution < 1.29 is 4.79 Å². The van der Waals surface area contributed by atoms with Gasteiger partial charge in [0.05, 0.1) is 5.69 Å². The minimum Gasteiger partial charge on any atom is -0.342 e. The van der Waals surface area contributed by atoms with Crippen molar-refractivity contribution in [2.45, 2.75) is 19.9 Å². The molecule has 1 fully saturated rings. The molecule has 6 nitrogen and oxygen atoms in total. The first-order valence-electron chi connectivity index (χ1n) is 7.07. The summed E-state index contributed by atoms with van der Waals surface area (Å²) in [5.74, 6) is 0.133. The van der Waals surface area contributed by atoms with Gasteiger partial charge in [0, 0.05) is 57.3 Å². The summed E-state index contributed by atoms with van der Waals surface area (Å²) in [6.45, 7) is 5.58. The topological polar surface area (TPSA) is 57.9 Å². The molecule has 2 aromatic rings. The Morgan fingerprint density at radius 3 is 3.00 bits per heavy atom. The highest BCUT2D eigenvalue weighted by Gasteiger charge is 2.17. The average molecular weight is 306 g/mol. The van der Waals surface area contributed by atoms with Crippen LogP contribution in [0.4, 0.5) is 0 Å². The monoisotopic (exact) mass is 306 g/mol. The molecule has 0 bridgehead atoms. The lowest BCUT2D eigenvalue weighted by molar-refractivity contribution is -0.128. The molecule has 3 heterocycles. The highest BCUT2D eigenvalue weighted by atomic mass is 32.1. The molecule has 1 amide bonds. The second-order valence-electron chi connectivity index (χ2n) is 5.28. The van der Waals surface area contributed by atoms with E-state index in [9.17, 15) is 9.59 Å². The fraction of sp³-hybridized carbons (Fsp3) is 0.500. The molecule has 2 aromatic heterocycles. The van der Waals surface area contributed by atoms with Crippen molar-refractivity contribution in [3.05, 3.63) is 33.7 Å². The number of aromatic nitrogens is 2. The van der Waals surface area contributed by atoms with Crippen LogP contribution in [0.2, 0.25) is 0 Å². The second-order valence-corrected chi connectivity index (χ2v) is 6.15. The number of rotatable bonds is 2. The smallest absolute Gasteiger partial charge is 0.258 e. The number of hydrogen-bond acceptors (Lipinski definition) is 5. The molecule has 3 rings (SSSR count). The second kappa shape index (κ2) is 5.95. The van der Waals surface area contributed by atoms with Crippen LogP contribution in [0.15, 0.2) is 22.4 Å². The summed E-state index contributed by atoms with van der Waals surface area (Å²) in [5, 5.41) is 1.87. The maximum Gasteiger partial charge on any atom is 0.258 e. The van der Waals surface area contributed by atoms with Gasteiger partial charge in [0.2, 0.25) is 5.91 Å². The quantitative estimate of drug-likeness (QED) is 0.824. The molecule has 0 saturated carbocycles. The van der Waals surface area contributed by atoms with Crippen molar-refractivity contribution in [2.75, 3.05) is 26.2 Å². The van der Waals surface area contributed by atoms with Crippen molar-refractivity contribution in [1.82, 2.24) is 19.2 Å². The summed E-state index contributed by atoms with van der Waals surface area (Å²) in [7, 11) is 0. The molecule has 21 heavy (non-hydrogen) atoms. The predicted molar refractivity (Wildman–Crippen MR) is 81.5 cm³/mol. The normalized spacial score (nSPS) is 17.1. The van der Waals surface area contributed by atoms with E-state index in [1.54, 1.807) is 23.6 Å². The number of nitrogens with zero attached hydrogens (tertiary/aromatic N) is 4. The maximum absolute atomic E-state index is 12.0. The van der Waals surface area contributed by atoms with Crippen LogP contribution in [0, 0.1) is 0 Å². The molecule has 0 radical (unpaired) electrons. The molecular weight excluding hydrogens is 288 g/mol. The fourth-order valence-corrected chi connectivity index (χ4v) is 3.38. The van der Waals surface area contributed by atoms with Gasteiger partial charge in [-0.05, 0) is 6.42 Å². The molecule has 0 unspecified atom stereocenters. The first kappa shape index (κ1) is 14.2. The van der Waals surface area contributed by atoms with E-state index in [1.165, 1.54) is 11.3 Å². The molecule has 0 N–H and O–H groups in total. The van der Waals surface area contributed by atoms with Crippen LogP contribution in [0.25, 0.3) is 4.96 Å². The Morgan fingerprint density at radius 1 is 1.33 bits per heavy atom. The summed E-state index contributed by atoms with van der Waals surface area (Å²) in [5.41, 5.74) is 0.773. The van der Waals surface area contributed by atoms with Crippen LogP contribution in [0.1, 0.15) is 19.0 Å². The van der Waals surface area contributed by atoms with Crippen LogP contribution in [-0.4, -0.2) is 51.3 Å². The van der Waals surface area contributed by atoms with E-state index in [0.29, 0.717) is 6.54 Å². The summed E-state index contributed by atoms with van der Waals surface area (Å²) in [4.78, 5) is 32.8. The zero-order chi connectivity index (χ0) is 14.8. The van der Waals surface area contributed by atoms with Crippen molar-refractivity contribution in [1.29, 1.82) is 0 Å². The summed E-state index contributed by atoms with van der Waals surface area (Å²) in [6, 6.07) is 1.60. The van der Waals surface area contributed by atoms with Gasteiger partial charge in [-0.3, -0.25) is 18.9 Å². The molecule has 0 spiro atoms. The van der Waals surface area contributed by atoms with E-state index in [4.69, 9.17) is 0 Å². The lowest BCUT2D eigenvalue weighted by Crippen LogP contribution is -2.33. The number of carbonyl (C=O) groups is 1. The Morgan fingerprint density at radius 2 is 2.19 bits per heavy atom. The third kappa shape index (κ3) is 3.14. The number of hydrogen-bond donors (Lipinski definition) is 0. The van der Waals surface area contributed by atoms with E-state index in [2.05, 4.69) is 9.88 Å². The minimum absolute atomic E-state index is 0.0311. The van der Waals surface area contributed by atoms with Crippen molar-refractivity contribution >= 4 is 22.2 Å². The van der Waals surface area contributed by atoms with Gasteiger partial charge in [-0.15, -0.1) is 11.3 Å². The lowest BCUT2D eigenvalue weighted by Gasteiger charge is -2.20. The third-order valence-electron chi connectivity index (χ3n) is 3.78. The summed E-state index contributed by atoms with van der Waals surface area (Å²) >= 11 is 1.47. The van der Waals surface area contributed by atoms with Crippen molar-refractivity contribution in [2.24, 2.45) is 0 Å².